The van der Waals surface area contributed by atoms with Crippen LogP contribution in [0.25, 0.3) is 22.5 Å². The van der Waals surface area contributed by atoms with Gasteiger partial charge in [-0.15, -0.1) is 5.10 Å². The number of hydrogen-bond donors (Lipinski definition) is 2. The fourth-order valence-corrected chi connectivity index (χ4v) is 6.58. The van der Waals surface area contributed by atoms with Gasteiger partial charge in [-0.3, -0.25) is 4.90 Å². The van der Waals surface area contributed by atoms with Crippen LogP contribution < -0.4 is 5.32 Å². The molecule has 0 bridgehead atoms. The zero-order valence-corrected chi connectivity index (χ0v) is 20.5. The predicted molar refractivity (Wildman–Crippen MR) is 128 cm³/mol. The number of aromatic amines is 1. The molecule has 1 atom stereocenters. The summed E-state index contributed by atoms with van der Waals surface area (Å²) in [4.78, 5) is 1.71. The standard InChI is InChI=1S/C24H27F3N6O2S/c1-36(34,35)22-20(24(25,26)27)7-6-19(21(22)23-29-31-32-30-23)17-4-2-15(3-5-17)16-9-12-33(13-10-16)18-8-11-28-14-18/h2-7,16,18,28H,8-14H2,1H3,(H,29,30,31,32). The summed E-state index contributed by atoms with van der Waals surface area (Å²) < 4.78 is 66.5. The first-order valence-electron chi connectivity index (χ1n) is 11.9. The Kier molecular flexibility index (Phi) is 6.60. The maximum atomic E-state index is 13.8. The molecule has 2 aromatic carbocycles. The van der Waals surface area contributed by atoms with Gasteiger partial charge in [0.15, 0.2) is 15.7 Å². The fraction of sp³-hybridized carbons (Fsp3) is 0.458. The normalized spacial score (nSPS) is 20.2. The van der Waals surface area contributed by atoms with E-state index in [0.717, 1.165) is 51.3 Å². The van der Waals surface area contributed by atoms with E-state index in [1.807, 2.05) is 24.3 Å². The Labute approximate surface area is 207 Å². The molecule has 3 aromatic rings. The number of sulfone groups is 1. The molecule has 2 fully saturated rings. The van der Waals surface area contributed by atoms with Gasteiger partial charge in [0.2, 0.25) is 0 Å². The monoisotopic (exact) mass is 520 g/mol. The first-order chi connectivity index (χ1) is 17.1. The van der Waals surface area contributed by atoms with E-state index in [9.17, 15) is 21.6 Å². The maximum Gasteiger partial charge on any atom is 0.417 e. The average Bonchev–Trinajstić information content (AvgIpc) is 3.57. The van der Waals surface area contributed by atoms with Crippen LogP contribution in [0.4, 0.5) is 13.2 Å². The minimum atomic E-state index is -4.87. The van der Waals surface area contributed by atoms with Crippen LogP contribution in [0, 0.1) is 0 Å². The van der Waals surface area contributed by atoms with E-state index in [0.29, 0.717) is 23.1 Å². The Morgan fingerprint density at radius 1 is 1.03 bits per heavy atom. The smallest absolute Gasteiger partial charge is 0.315 e. The number of alkyl halides is 3. The van der Waals surface area contributed by atoms with Crippen molar-refractivity contribution in [2.24, 2.45) is 0 Å². The molecule has 0 amide bonds. The predicted octanol–water partition coefficient (Wildman–Crippen LogP) is 3.50. The summed E-state index contributed by atoms with van der Waals surface area (Å²) in [7, 11) is -4.29. The third-order valence-corrected chi connectivity index (χ3v) is 8.35. The van der Waals surface area contributed by atoms with Crippen molar-refractivity contribution in [2.45, 2.75) is 42.3 Å². The first kappa shape index (κ1) is 24.8. The summed E-state index contributed by atoms with van der Waals surface area (Å²) in [5, 5.41) is 16.5. The van der Waals surface area contributed by atoms with Gasteiger partial charge in [0.05, 0.1) is 10.5 Å². The summed E-state index contributed by atoms with van der Waals surface area (Å²) in [6, 6.07) is 10.3. The molecule has 2 aliphatic rings. The lowest BCUT2D eigenvalue weighted by Gasteiger charge is -2.36. The lowest BCUT2D eigenvalue weighted by atomic mass is 9.87. The van der Waals surface area contributed by atoms with Crippen molar-refractivity contribution < 1.29 is 21.6 Å². The Morgan fingerprint density at radius 3 is 2.31 bits per heavy atom. The van der Waals surface area contributed by atoms with Gasteiger partial charge in [0.1, 0.15) is 0 Å². The number of aromatic nitrogens is 4. The number of piperidine rings is 1. The number of hydrogen-bond acceptors (Lipinski definition) is 7. The van der Waals surface area contributed by atoms with Crippen LogP contribution in [-0.2, 0) is 16.0 Å². The van der Waals surface area contributed by atoms with Gasteiger partial charge < -0.3 is 5.32 Å². The molecule has 36 heavy (non-hydrogen) atoms. The third kappa shape index (κ3) is 4.89. The van der Waals surface area contributed by atoms with Gasteiger partial charge in [0, 0.05) is 24.4 Å². The molecular weight excluding hydrogens is 493 g/mol. The van der Waals surface area contributed by atoms with Crippen molar-refractivity contribution in [3.63, 3.8) is 0 Å². The van der Waals surface area contributed by atoms with Gasteiger partial charge in [-0.2, -0.15) is 13.2 Å². The molecule has 0 saturated carbocycles. The molecule has 12 heteroatoms. The van der Waals surface area contributed by atoms with Crippen LogP contribution in [0.3, 0.4) is 0 Å². The van der Waals surface area contributed by atoms with Crippen LogP contribution in [0.2, 0.25) is 0 Å². The van der Waals surface area contributed by atoms with E-state index in [-0.39, 0.29) is 11.4 Å². The minimum absolute atomic E-state index is 0.144. The molecule has 0 radical (unpaired) electrons. The van der Waals surface area contributed by atoms with Crippen molar-refractivity contribution in [3.05, 3.63) is 47.5 Å². The number of nitrogens with zero attached hydrogens (tertiary/aromatic N) is 4. The van der Waals surface area contributed by atoms with Crippen LogP contribution in [0.15, 0.2) is 41.3 Å². The molecule has 5 rings (SSSR count). The molecule has 3 heterocycles. The van der Waals surface area contributed by atoms with Crippen molar-refractivity contribution in [2.75, 3.05) is 32.4 Å². The van der Waals surface area contributed by atoms with Gasteiger partial charge in [-0.05, 0) is 78.0 Å². The van der Waals surface area contributed by atoms with E-state index in [4.69, 9.17) is 0 Å². The largest absolute Gasteiger partial charge is 0.417 e. The fourth-order valence-electron chi connectivity index (χ4n) is 5.42. The zero-order valence-electron chi connectivity index (χ0n) is 19.7. The molecule has 192 valence electrons. The number of H-pyrrole nitrogens is 1. The highest BCUT2D eigenvalue weighted by atomic mass is 32.2. The molecule has 2 saturated heterocycles. The van der Waals surface area contributed by atoms with Crippen molar-refractivity contribution in [3.8, 4) is 22.5 Å². The number of benzene rings is 2. The number of tetrazole rings is 1. The maximum absolute atomic E-state index is 13.8. The second kappa shape index (κ2) is 9.56. The summed E-state index contributed by atoms with van der Waals surface area (Å²) in [6.07, 6.45) is -0.837. The first-order valence-corrected chi connectivity index (χ1v) is 13.8. The average molecular weight is 521 g/mol. The number of halogens is 3. The zero-order chi connectivity index (χ0) is 25.5. The topological polar surface area (TPSA) is 104 Å². The van der Waals surface area contributed by atoms with E-state index < -0.39 is 26.5 Å². The van der Waals surface area contributed by atoms with Crippen LogP contribution in [0.5, 0.6) is 0 Å². The Hall–Kier alpha value is -2.83. The molecule has 1 unspecified atom stereocenters. The SMILES string of the molecule is CS(=O)(=O)c1c(C(F)(F)F)ccc(-c2ccc(C3CCN(C4CCNC4)CC3)cc2)c1-c1nnn[nH]1. The second-order valence-electron chi connectivity index (χ2n) is 9.46. The van der Waals surface area contributed by atoms with Crippen molar-refractivity contribution >= 4 is 9.84 Å². The van der Waals surface area contributed by atoms with E-state index in [2.05, 4.69) is 30.8 Å². The molecule has 0 aliphatic carbocycles. The number of nitrogens with one attached hydrogen (secondary N) is 2. The van der Waals surface area contributed by atoms with E-state index >= 15 is 0 Å². The highest BCUT2D eigenvalue weighted by Crippen LogP contribution is 2.43. The molecule has 8 nitrogen and oxygen atoms in total. The van der Waals surface area contributed by atoms with Gasteiger partial charge in [-0.25, -0.2) is 13.5 Å². The number of likely N-dealkylation sites (tertiary alicyclic amines) is 1. The summed E-state index contributed by atoms with van der Waals surface area (Å²) in [6.45, 7) is 4.20. The molecule has 2 N–H and O–H groups in total. The van der Waals surface area contributed by atoms with Crippen LogP contribution >= 0.6 is 0 Å². The Morgan fingerprint density at radius 2 is 1.75 bits per heavy atom. The highest BCUT2D eigenvalue weighted by molar-refractivity contribution is 7.91. The Bertz CT molecular complexity index is 1310. The van der Waals surface area contributed by atoms with E-state index in [1.165, 1.54) is 18.1 Å². The Balaban J connectivity index is 1.49. The summed E-state index contributed by atoms with van der Waals surface area (Å²) >= 11 is 0. The van der Waals surface area contributed by atoms with Gasteiger partial charge in [-0.1, -0.05) is 30.3 Å². The minimum Gasteiger partial charge on any atom is -0.315 e. The van der Waals surface area contributed by atoms with Crippen molar-refractivity contribution in [1.82, 2.24) is 30.8 Å². The lowest BCUT2D eigenvalue weighted by molar-refractivity contribution is -0.139. The molecular formula is C24H27F3N6O2S. The number of rotatable bonds is 5. The molecule has 1 aromatic heterocycles. The summed E-state index contributed by atoms with van der Waals surface area (Å²) in [5.41, 5.74) is 0.612. The van der Waals surface area contributed by atoms with Gasteiger partial charge >= 0.3 is 6.18 Å². The molecule has 2 aliphatic heterocycles. The third-order valence-electron chi connectivity index (χ3n) is 7.19. The quantitative estimate of drug-likeness (QED) is 0.531. The van der Waals surface area contributed by atoms with Crippen LogP contribution in [0.1, 0.15) is 36.3 Å². The summed E-state index contributed by atoms with van der Waals surface area (Å²) in [5.74, 6) is 0.260. The highest BCUT2D eigenvalue weighted by Gasteiger charge is 2.39. The lowest BCUT2D eigenvalue weighted by Crippen LogP contribution is -2.42. The second-order valence-corrected chi connectivity index (χ2v) is 11.4. The van der Waals surface area contributed by atoms with Crippen molar-refractivity contribution in [1.29, 1.82) is 0 Å². The van der Waals surface area contributed by atoms with E-state index in [1.54, 1.807) is 0 Å². The molecule has 0 spiro atoms. The van der Waals surface area contributed by atoms with Crippen LogP contribution in [-0.4, -0.2) is 72.4 Å². The van der Waals surface area contributed by atoms with Gasteiger partial charge in [0.25, 0.3) is 0 Å².